The second-order valence-corrected chi connectivity index (χ2v) is 7.97. The minimum atomic E-state index is -3.72. The summed E-state index contributed by atoms with van der Waals surface area (Å²) < 4.78 is 37.0. The van der Waals surface area contributed by atoms with Gasteiger partial charge in [0.15, 0.2) is 0 Å². The van der Waals surface area contributed by atoms with Crippen molar-refractivity contribution in [1.82, 2.24) is 4.72 Å². The van der Waals surface area contributed by atoms with Gasteiger partial charge in [0.25, 0.3) is 5.91 Å². The van der Waals surface area contributed by atoms with E-state index in [0.29, 0.717) is 11.3 Å². The molecule has 0 saturated heterocycles. The fourth-order valence-electron chi connectivity index (χ4n) is 2.54. The van der Waals surface area contributed by atoms with Crippen LogP contribution < -0.4 is 10.0 Å². The van der Waals surface area contributed by atoms with E-state index in [9.17, 15) is 18.0 Å². The van der Waals surface area contributed by atoms with Gasteiger partial charge in [-0.25, -0.2) is 17.9 Å². The third-order valence-electron chi connectivity index (χ3n) is 3.83. The summed E-state index contributed by atoms with van der Waals surface area (Å²) in [5.41, 5.74) is 1.02. The van der Waals surface area contributed by atoms with E-state index in [2.05, 4.69) is 10.0 Å². The Morgan fingerprint density at radius 2 is 1.76 bits per heavy atom. The molecule has 9 heteroatoms. The van der Waals surface area contributed by atoms with Crippen molar-refractivity contribution in [1.29, 1.82) is 0 Å². The maximum atomic E-state index is 12.4. The molecule has 1 amide bonds. The number of hydrogen-bond donors (Lipinski definition) is 2. The molecule has 8 nitrogen and oxygen atoms in total. The zero-order chi connectivity index (χ0) is 21.4. The first-order valence-corrected chi connectivity index (χ1v) is 10.4. The molecule has 0 aliphatic rings. The highest BCUT2D eigenvalue weighted by Gasteiger charge is 2.18. The highest BCUT2D eigenvalue weighted by molar-refractivity contribution is 7.89. The Kier molecular flexibility index (Phi) is 7.89. The van der Waals surface area contributed by atoms with Crippen LogP contribution in [0.4, 0.5) is 5.69 Å². The average molecular weight is 420 g/mol. The number of anilines is 1. The van der Waals surface area contributed by atoms with Gasteiger partial charge < -0.3 is 14.8 Å². The Labute approximate surface area is 170 Å². The maximum Gasteiger partial charge on any atom is 0.338 e. The summed E-state index contributed by atoms with van der Waals surface area (Å²) in [6.45, 7) is 3.89. The minimum absolute atomic E-state index is 0.0429. The van der Waals surface area contributed by atoms with Crippen LogP contribution in [-0.2, 0) is 19.5 Å². The summed E-state index contributed by atoms with van der Waals surface area (Å²) in [5, 5.41) is 2.67. The van der Waals surface area contributed by atoms with Crippen molar-refractivity contribution >= 4 is 27.6 Å². The first-order valence-electron chi connectivity index (χ1n) is 8.96. The minimum Gasteiger partial charge on any atom is -0.462 e. The Morgan fingerprint density at radius 1 is 1.07 bits per heavy atom. The SMILES string of the molecule is CCOC(=O)c1cccc(NC(=O)c2ccc(S(=O)(=O)N[C@H](C)COC)cc2)c1. The van der Waals surface area contributed by atoms with Crippen LogP contribution >= 0.6 is 0 Å². The number of nitrogens with one attached hydrogen (secondary N) is 2. The molecule has 0 heterocycles. The molecule has 2 aromatic carbocycles. The zero-order valence-electron chi connectivity index (χ0n) is 16.5. The molecule has 0 spiro atoms. The number of esters is 1. The first-order chi connectivity index (χ1) is 13.8. The summed E-state index contributed by atoms with van der Waals surface area (Å²) in [5.74, 6) is -0.913. The van der Waals surface area contributed by atoms with E-state index < -0.39 is 21.9 Å². The van der Waals surface area contributed by atoms with Gasteiger partial charge in [0.1, 0.15) is 0 Å². The molecular weight excluding hydrogens is 396 g/mol. The quantitative estimate of drug-likeness (QED) is 0.603. The fraction of sp³-hybridized carbons (Fsp3) is 0.300. The standard InChI is InChI=1S/C20H24N2O6S/c1-4-28-20(24)16-6-5-7-17(12-16)21-19(23)15-8-10-18(11-9-15)29(25,26)22-14(2)13-27-3/h5-12,14,22H,4,13H2,1-3H3,(H,21,23)/t14-/m1/s1. The molecule has 0 unspecified atom stereocenters. The Balaban J connectivity index is 2.09. The van der Waals surface area contributed by atoms with E-state index in [-0.39, 0.29) is 29.7 Å². The van der Waals surface area contributed by atoms with Crippen LogP contribution in [0.2, 0.25) is 0 Å². The van der Waals surface area contributed by atoms with Crippen molar-refractivity contribution in [3.8, 4) is 0 Å². The summed E-state index contributed by atoms with van der Waals surface area (Å²) in [6, 6.07) is 11.5. The average Bonchev–Trinajstić information content (AvgIpc) is 2.68. The van der Waals surface area contributed by atoms with Crippen LogP contribution in [0, 0.1) is 0 Å². The Hall–Kier alpha value is -2.75. The van der Waals surface area contributed by atoms with Crippen molar-refractivity contribution in [3.05, 3.63) is 59.7 Å². The second-order valence-electron chi connectivity index (χ2n) is 6.26. The number of sulfonamides is 1. The molecule has 2 N–H and O–H groups in total. The van der Waals surface area contributed by atoms with Gasteiger partial charge in [0, 0.05) is 24.4 Å². The molecule has 156 valence electrons. The van der Waals surface area contributed by atoms with Gasteiger partial charge in [0.05, 0.1) is 23.7 Å². The summed E-state index contributed by atoms with van der Waals surface area (Å²) >= 11 is 0. The number of benzene rings is 2. The zero-order valence-corrected chi connectivity index (χ0v) is 17.3. The molecule has 0 radical (unpaired) electrons. The Bertz CT molecular complexity index is 957. The van der Waals surface area contributed by atoms with Gasteiger partial charge in [0.2, 0.25) is 10.0 Å². The lowest BCUT2D eigenvalue weighted by Gasteiger charge is -2.13. The number of amides is 1. The highest BCUT2D eigenvalue weighted by Crippen LogP contribution is 2.15. The first kappa shape index (κ1) is 22.5. The topological polar surface area (TPSA) is 111 Å². The molecule has 0 saturated carbocycles. The summed E-state index contributed by atoms with van der Waals surface area (Å²) in [6.07, 6.45) is 0. The van der Waals surface area contributed by atoms with Crippen LogP contribution in [0.3, 0.4) is 0 Å². The molecule has 0 aliphatic carbocycles. The van der Waals surface area contributed by atoms with E-state index in [1.165, 1.54) is 37.4 Å². The van der Waals surface area contributed by atoms with Crippen LogP contribution in [0.5, 0.6) is 0 Å². The predicted octanol–water partition coefficient (Wildman–Crippen LogP) is 2.43. The van der Waals surface area contributed by atoms with E-state index in [1.807, 2.05) is 0 Å². The second kappa shape index (κ2) is 10.1. The molecule has 0 aliphatic heterocycles. The van der Waals surface area contributed by atoms with Crippen LogP contribution in [-0.4, -0.2) is 46.7 Å². The van der Waals surface area contributed by atoms with Gasteiger partial charge in [-0.3, -0.25) is 4.79 Å². The number of rotatable bonds is 9. The number of carbonyl (C=O) groups is 2. The fourth-order valence-corrected chi connectivity index (χ4v) is 3.77. The van der Waals surface area contributed by atoms with Crippen molar-refractivity contribution in [3.63, 3.8) is 0 Å². The van der Waals surface area contributed by atoms with Gasteiger partial charge in [-0.2, -0.15) is 0 Å². The molecule has 0 fully saturated rings. The van der Waals surface area contributed by atoms with Gasteiger partial charge in [-0.05, 0) is 56.3 Å². The monoisotopic (exact) mass is 420 g/mol. The molecule has 2 rings (SSSR count). The van der Waals surface area contributed by atoms with Crippen molar-refractivity contribution in [2.75, 3.05) is 25.6 Å². The van der Waals surface area contributed by atoms with E-state index in [0.717, 1.165) is 0 Å². The smallest absolute Gasteiger partial charge is 0.338 e. The summed E-state index contributed by atoms with van der Waals surface area (Å²) in [7, 11) is -2.23. The third-order valence-corrected chi connectivity index (χ3v) is 5.44. The van der Waals surface area contributed by atoms with E-state index in [1.54, 1.807) is 32.0 Å². The number of ether oxygens (including phenoxy) is 2. The van der Waals surface area contributed by atoms with Gasteiger partial charge in [-0.15, -0.1) is 0 Å². The van der Waals surface area contributed by atoms with Gasteiger partial charge in [-0.1, -0.05) is 6.07 Å². The maximum absolute atomic E-state index is 12.4. The lowest BCUT2D eigenvalue weighted by molar-refractivity contribution is 0.0526. The third kappa shape index (κ3) is 6.38. The highest BCUT2D eigenvalue weighted by atomic mass is 32.2. The number of carbonyl (C=O) groups excluding carboxylic acids is 2. The molecule has 29 heavy (non-hydrogen) atoms. The molecule has 0 aromatic heterocycles. The van der Waals surface area contributed by atoms with E-state index in [4.69, 9.17) is 9.47 Å². The van der Waals surface area contributed by atoms with Gasteiger partial charge >= 0.3 is 5.97 Å². The lowest BCUT2D eigenvalue weighted by atomic mass is 10.1. The van der Waals surface area contributed by atoms with Crippen LogP contribution in [0.1, 0.15) is 34.6 Å². The number of methoxy groups -OCH3 is 1. The predicted molar refractivity (Wildman–Crippen MR) is 108 cm³/mol. The van der Waals surface area contributed by atoms with Crippen molar-refractivity contribution in [2.24, 2.45) is 0 Å². The normalized spacial score (nSPS) is 12.2. The molecule has 2 aromatic rings. The summed E-state index contributed by atoms with van der Waals surface area (Å²) in [4.78, 5) is 24.3. The molecular formula is C20H24N2O6S. The van der Waals surface area contributed by atoms with Crippen LogP contribution in [0.15, 0.2) is 53.4 Å². The van der Waals surface area contributed by atoms with Crippen molar-refractivity contribution in [2.45, 2.75) is 24.8 Å². The Morgan fingerprint density at radius 3 is 2.38 bits per heavy atom. The van der Waals surface area contributed by atoms with E-state index >= 15 is 0 Å². The van der Waals surface area contributed by atoms with Crippen LogP contribution in [0.25, 0.3) is 0 Å². The molecule has 1 atom stereocenters. The lowest BCUT2D eigenvalue weighted by Crippen LogP contribution is -2.35. The molecule has 0 bridgehead atoms. The van der Waals surface area contributed by atoms with Crippen molar-refractivity contribution < 1.29 is 27.5 Å². The number of hydrogen-bond acceptors (Lipinski definition) is 6. The largest absolute Gasteiger partial charge is 0.462 e.